The maximum absolute atomic E-state index is 11.9. The van der Waals surface area contributed by atoms with E-state index in [-0.39, 0.29) is 5.92 Å². The molecule has 0 aliphatic carbocycles. The van der Waals surface area contributed by atoms with Gasteiger partial charge in [0.15, 0.2) is 0 Å². The molecule has 3 heteroatoms. The molecule has 0 amide bonds. The quantitative estimate of drug-likeness (QED) is 0.769. The van der Waals surface area contributed by atoms with E-state index in [0.29, 0.717) is 30.9 Å². The van der Waals surface area contributed by atoms with Crippen LogP contribution in [-0.2, 0) is 9.53 Å². The Morgan fingerprint density at radius 1 is 1.40 bits per heavy atom. The molecule has 0 spiro atoms. The zero-order chi connectivity index (χ0) is 10.7. The Kier molecular flexibility index (Phi) is 3.76. The Hall–Kier alpha value is -0.410. The monoisotopic (exact) mass is 211 g/mol. The zero-order valence-corrected chi connectivity index (χ0v) is 9.50. The molecule has 0 aromatic heterocycles. The van der Waals surface area contributed by atoms with Crippen molar-refractivity contribution in [2.24, 2.45) is 5.92 Å². The van der Waals surface area contributed by atoms with Gasteiger partial charge in [0.05, 0.1) is 6.61 Å². The van der Waals surface area contributed by atoms with Gasteiger partial charge in [-0.25, -0.2) is 0 Å². The summed E-state index contributed by atoms with van der Waals surface area (Å²) in [5.41, 5.74) is 0. The van der Waals surface area contributed by atoms with Gasteiger partial charge >= 0.3 is 0 Å². The van der Waals surface area contributed by atoms with Crippen LogP contribution in [0.4, 0.5) is 0 Å². The lowest BCUT2D eigenvalue weighted by atomic mass is 9.91. The predicted octanol–water partition coefficient (Wildman–Crippen LogP) is 1.51. The molecule has 3 nitrogen and oxygen atoms in total. The average molecular weight is 211 g/mol. The summed E-state index contributed by atoms with van der Waals surface area (Å²) in [5, 5.41) is 3.51. The van der Waals surface area contributed by atoms with Crippen LogP contribution >= 0.6 is 0 Å². The van der Waals surface area contributed by atoms with Crippen LogP contribution in [0, 0.1) is 5.92 Å². The smallest absolute Gasteiger partial charge is 0.139 e. The third-order valence-electron chi connectivity index (χ3n) is 3.54. The average Bonchev–Trinajstić information content (AvgIpc) is 2.70. The number of nitrogens with one attached hydrogen (secondary N) is 1. The maximum Gasteiger partial charge on any atom is 0.139 e. The number of ketones is 1. The topological polar surface area (TPSA) is 38.3 Å². The summed E-state index contributed by atoms with van der Waals surface area (Å²) in [4.78, 5) is 11.9. The molecule has 3 atom stereocenters. The van der Waals surface area contributed by atoms with E-state index in [9.17, 15) is 4.79 Å². The van der Waals surface area contributed by atoms with Crippen molar-refractivity contribution in [3.05, 3.63) is 0 Å². The van der Waals surface area contributed by atoms with E-state index in [1.165, 1.54) is 12.8 Å². The molecule has 0 radical (unpaired) electrons. The fourth-order valence-electron chi connectivity index (χ4n) is 2.60. The van der Waals surface area contributed by atoms with Gasteiger partial charge in [-0.1, -0.05) is 6.42 Å². The number of hydrogen-bond acceptors (Lipinski definition) is 3. The Morgan fingerprint density at radius 2 is 2.27 bits per heavy atom. The second kappa shape index (κ2) is 5.08. The van der Waals surface area contributed by atoms with Crippen molar-refractivity contribution in [2.45, 2.75) is 51.1 Å². The van der Waals surface area contributed by atoms with Gasteiger partial charge in [0, 0.05) is 31.0 Å². The molecule has 15 heavy (non-hydrogen) atoms. The first-order valence-electron chi connectivity index (χ1n) is 6.12. The first kappa shape index (κ1) is 11.1. The molecule has 3 unspecified atom stereocenters. The third-order valence-corrected chi connectivity index (χ3v) is 3.54. The van der Waals surface area contributed by atoms with Gasteiger partial charge in [-0.05, 0) is 26.2 Å². The van der Waals surface area contributed by atoms with E-state index >= 15 is 0 Å². The maximum atomic E-state index is 11.9. The van der Waals surface area contributed by atoms with Crippen LogP contribution in [0.5, 0.6) is 0 Å². The predicted molar refractivity (Wildman–Crippen MR) is 58.8 cm³/mol. The molecule has 2 saturated heterocycles. The van der Waals surface area contributed by atoms with Crippen LogP contribution in [0.25, 0.3) is 0 Å². The molecule has 0 aromatic carbocycles. The van der Waals surface area contributed by atoms with Crippen molar-refractivity contribution in [3.8, 4) is 0 Å². The molecule has 86 valence electrons. The minimum absolute atomic E-state index is 0.184. The second-order valence-corrected chi connectivity index (χ2v) is 4.93. The lowest BCUT2D eigenvalue weighted by Crippen LogP contribution is -2.42. The van der Waals surface area contributed by atoms with E-state index in [1.54, 1.807) is 0 Å². The summed E-state index contributed by atoms with van der Waals surface area (Å²) in [6.45, 7) is 3.63. The summed E-state index contributed by atoms with van der Waals surface area (Å²) < 4.78 is 5.25. The van der Waals surface area contributed by atoms with Gasteiger partial charge in [-0.3, -0.25) is 4.79 Å². The summed E-state index contributed by atoms with van der Waals surface area (Å²) in [6, 6.07) is 0.998. The van der Waals surface area contributed by atoms with Crippen LogP contribution in [0.1, 0.15) is 39.0 Å². The van der Waals surface area contributed by atoms with Gasteiger partial charge in [-0.15, -0.1) is 0 Å². The lowest BCUT2D eigenvalue weighted by molar-refractivity contribution is -0.123. The van der Waals surface area contributed by atoms with Crippen molar-refractivity contribution >= 4 is 5.78 Å². The van der Waals surface area contributed by atoms with Crippen molar-refractivity contribution in [3.63, 3.8) is 0 Å². The molecule has 2 heterocycles. The van der Waals surface area contributed by atoms with Crippen molar-refractivity contribution < 1.29 is 9.53 Å². The number of rotatable bonds is 3. The Balaban J connectivity index is 1.77. The van der Waals surface area contributed by atoms with Crippen LogP contribution in [-0.4, -0.2) is 31.1 Å². The minimum Gasteiger partial charge on any atom is -0.381 e. The van der Waals surface area contributed by atoms with Gasteiger partial charge in [0.2, 0.25) is 0 Å². The summed E-state index contributed by atoms with van der Waals surface area (Å²) in [7, 11) is 0. The SMILES string of the molecule is CC1CCCC(CC(=O)C2CCOC2)N1. The fraction of sp³-hybridized carbons (Fsp3) is 0.917. The Labute approximate surface area is 91.6 Å². The number of carbonyl (C=O) groups excluding carboxylic acids is 1. The van der Waals surface area contributed by atoms with Gasteiger partial charge in [0.1, 0.15) is 5.78 Å². The van der Waals surface area contributed by atoms with E-state index in [4.69, 9.17) is 4.74 Å². The van der Waals surface area contributed by atoms with Crippen LogP contribution < -0.4 is 5.32 Å². The van der Waals surface area contributed by atoms with E-state index in [0.717, 1.165) is 19.4 Å². The summed E-state index contributed by atoms with van der Waals surface area (Å²) in [6.07, 6.45) is 5.30. The normalized spacial score (nSPS) is 36.7. The van der Waals surface area contributed by atoms with Gasteiger partial charge < -0.3 is 10.1 Å². The molecule has 0 saturated carbocycles. The molecule has 2 aliphatic heterocycles. The molecular formula is C12H21NO2. The van der Waals surface area contributed by atoms with Crippen molar-refractivity contribution in [1.82, 2.24) is 5.32 Å². The highest BCUT2D eigenvalue weighted by molar-refractivity contribution is 5.81. The highest BCUT2D eigenvalue weighted by Crippen LogP contribution is 2.20. The molecule has 2 rings (SSSR count). The number of Topliss-reactive ketones (excluding diaryl/α,β-unsaturated/α-hetero) is 1. The van der Waals surface area contributed by atoms with E-state index in [1.807, 2.05) is 0 Å². The largest absolute Gasteiger partial charge is 0.381 e. The van der Waals surface area contributed by atoms with E-state index in [2.05, 4.69) is 12.2 Å². The third kappa shape index (κ3) is 3.02. The molecule has 2 aliphatic rings. The highest BCUT2D eigenvalue weighted by Gasteiger charge is 2.27. The number of hydrogen-bond donors (Lipinski definition) is 1. The summed E-state index contributed by atoms with van der Waals surface area (Å²) >= 11 is 0. The minimum atomic E-state index is 0.184. The Bertz CT molecular complexity index is 224. The van der Waals surface area contributed by atoms with Crippen molar-refractivity contribution in [1.29, 1.82) is 0 Å². The Morgan fingerprint density at radius 3 is 2.93 bits per heavy atom. The van der Waals surface area contributed by atoms with Crippen molar-refractivity contribution in [2.75, 3.05) is 13.2 Å². The zero-order valence-electron chi connectivity index (χ0n) is 9.50. The molecular weight excluding hydrogens is 190 g/mol. The summed E-state index contributed by atoms with van der Waals surface area (Å²) in [5.74, 6) is 0.586. The van der Waals surface area contributed by atoms with Crippen LogP contribution in [0.2, 0.25) is 0 Å². The van der Waals surface area contributed by atoms with Crippen LogP contribution in [0.15, 0.2) is 0 Å². The molecule has 1 N–H and O–H groups in total. The number of ether oxygens (including phenoxy) is 1. The molecule has 0 aromatic rings. The van der Waals surface area contributed by atoms with Crippen LogP contribution in [0.3, 0.4) is 0 Å². The fourth-order valence-corrected chi connectivity index (χ4v) is 2.60. The molecule has 2 fully saturated rings. The first-order valence-corrected chi connectivity index (χ1v) is 6.12. The first-order chi connectivity index (χ1) is 7.25. The number of carbonyl (C=O) groups is 1. The van der Waals surface area contributed by atoms with E-state index < -0.39 is 0 Å². The standard InChI is InChI=1S/C12H21NO2/c1-9-3-2-4-11(13-9)7-12(14)10-5-6-15-8-10/h9-11,13H,2-8H2,1H3. The number of piperidine rings is 1. The van der Waals surface area contributed by atoms with Gasteiger partial charge in [0.25, 0.3) is 0 Å². The highest BCUT2D eigenvalue weighted by atomic mass is 16.5. The van der Waals surface area contributed by atoms with Gasteiger partial charge in [-0.2, -0.15) is 0 Å². The second-order valence-electron chi connectivity index (χ2n) is 4.93. The lowest BCUT2D eigenvalue weighted by Gasteiger charge is -2.28. The molecule has 0 bridgehead atoms.